The average Bonchev–Trinajstić information content (AvgIpc) is 1.73. The zero-order chi connectivity index (χ0) is 6.28. The molecular formula is C4H11I2N. The van der Waals surface area contributed by atoms with E-state index in [1.54, 1.807) is 0 Å². The van der Waals surface area contributed by atoms with Crippen molar-refractivity contribution in [2.75, 3.05) is 20.6 Å². The number of rotatable bonds is 1. The molecule has 0 spiro atoms. The third-order valence-corrected chi connectivity index (χ3v) is 0.632. The third-order valence-electron chi connectivity index (χ3n) is 0.632. The van der Waals surface area contributed by atoms with Crippen LogP contribution in [0.2, 0.25) is 0 Å². The predicted octanol–water partition coefficient (Wildman–Crippen LogP) is 2.34. The minimum atomic E-state index is 1.14. The van der Waals surface area contributed by atoms with Gasteiger partial charge in [-0.25, -0.2) is 0 Å². The topological polar surface area (TPSA) is 3.24 Å². The van der Waals surface area contributed by atoms with Gasteiger partial charge >= 0.3 is 0 Å². The second-order valence-electron chi connectivity index (χ2n) is 1.40. The summed E-state index contributed by atoms with van der Waals surface area (Å²) in [4.78, 5) is 2.12. The summed E-state index contributed by atoms with van der Waals surface area (Å²) in [5.74, 6) is 0. The van der Waals surface area contributed by atoms with Crippen molar-refractivity contribution in [2.24, 2.45) is 0 Å². The van der Waals surface area contributed by atoms with Crippen molar-refractivity contribution in [3.63, 3.8) is 0 Å². The molecule has 0 aliphatic heterocycles. The van der Waals surface area contributed by atoms with Crippen molar-refractivity contribution in [1.82, 2.24) is 4.90 Å². The summed E-state index contributed by atoms with van der Waals surface area (Å²) >= 11 is 4.24. The second kappa shape index (κ2) is 10.4. The molecular weight excluding hydrogens is 316 g/mol. The summed E-state index contributed by atoms with van der Waals surface area (Å²) in [5.41, 5.74) is 0. The van der Waals surface area contributed by atoms with Gasteiger partial charge in [-0.1, -0.05) is 6.92 Å². The molecule has 46 valence electrons. The largest absolute Gasteiger partial charge is 0.310 e. The minimum Gasteiger partial charge on any atom is -0.310 e. The molecule has 0 saturated carbocycles. The lowest BCUT2D eigenvalue weighted by molar-refractivity contribution is 0.434. The van der Waals surface area contributed by atoms with Crippen molar-refractivity contribution in [2.45, 2.75) is 6.92 Å². The van der Waals surface area contributed by atoms with Crippen LogP contribution in [0.4, 0.5) is 0 Å². The van der Waals surface area contributed by atoms with E-state index in [4.69, 9.17) is 0 Å². The Balaban J connectivity index is 0. The van der Waals surface area contributed by atoms with Gasteiger partial charge in [0.25, 0.3) is 0 Å². The lowest BCUT2D eigenvalue weighted by Gasteiger charge is -2.00. The standard InChI is InChI=1S/C4H11N.I2/c1-4-5(2)3;1-2/h4H2,1-3H3;. The van der Waals surface area contributed by atoms with Crippen molar-refractivity contribution in [3.8, 4) is 0 Å². The predicted molar refractivity (Wildman–Crippen MR) is 52.3 cm³/mol. The highest BCUT2D eigenvalue weighted by Crippen LogP contribution is 1.89. The van der Waals surface area contributed by atoms with E-state index in [-0.39, 0.29) is 0 Å². The summed E-state index contributed by atoms with van der Waals surface area (Å²) in [6, 6.07) is 0. The van der Waals surface area contributed by atoms with E-state index in [0.717, 1.165) is 6.54 Å². The van der Waals surface area contributed by atoms with Gasteiger partial charge in [0.1, 0.15) is 0 Å². The van der Waals surface area contributed by atoms with Crippen molar-refractivity contribution >= 4 is 37.2 Å². The Hall–Kier alpha value is 1.42. The van der Waals surface area contributed by atoms with Crippen molar-refractivity contribution in [1.29, 1.82) is 0 Å². The molecule has 0 radical (unpaired) electrons. The molecule has 0 saturated heterocycles. The summed E-state index contributed by atoms with van der Waals surface area (Å²) < 4.78 is 0. The Kier molecular flexibility index (Phi) is 16.7. The van der Waals surface area contributed by atoms with Crippen LogP contribution >= 0.6 is 37.2 Å². The van der Waals surface area contributed by atoms with Gasteiger partial charge in [-0.15, -0.1) is 0 Å². The van der Waals surface area contributed by atoms with Crippen LogP contribution in [0.25, 0.3) is 0 Å². The molecule has 0 aromatic rings. The number of nitrogens with zero attached hydrogens (tertiary/aromatic N) is 1. The van der Waals surface area contributed by atoms with E-state index in [2.05, 4.69) is 63.2 Å². The molecule has 0 rings (SSSR count). The minimum absolute atomic E-state index is 1.14. The zero-order valence-electron chi connectivity index (χ0n) is 4.91. The quantitative estimate of drug-likeness (QED) is 0.669. The Bertz CT molecular complexity index is 23.7. The zero-order valence-corrected chi connectivity index (χ0v) is 9.23. The highest BCUT2D eigenvalue weighted by atomic mass is 128. The maximum atomic E-state index is 2.12. The smallest absolute Gasteiger partial charge is 0 e. The summed E-state index contributed by atoms with van der Waals surface area (Å²) in [6.45, 7) is 3.26. The molecule has 1 nitrogen and oxygen atoms in total. The van der Waals surface area contributed by atoms with Crippen molar-refractivity contribution in [3.05, 3.63) is 0 Å². The molecule has 0 aromatic carbocycles. The van der Waals surface area contributed by atoms with Gasteiger partial charge in [0.15, 0.2) is 0 Å². The Morgan fingerprint density at radius 3 is 1.43 bits per heavy atom. The highest BCUT2D eigenvalue weighted by Gasteiger charge is 1.72. The molecule has 0 aromatic heterocycles. The first-order chi connectivity index (χ1) is 3.27. The third kappa shape index (κ3) is 18.6. The number of hydrogen-bond acceptors (Lipinski definition) is 1. The lowest BCUT2D eigenvalue weighted by atomic mass is 10.7. The van der Waals surface area contributed by atoms with Gasteiger partial charge in [0.2, 0.25) is 0 Å². The van der Waals surface area contributed by atoms with Crippen molar-refractivity contribution < 1.29 is 0 Å². The van der Waals surface area contributed by atoms with E-state index in [1.165, 1.54) is 0 Å². The van der Waals surface area contributed by atoms with Crippen LogP contribution in [-0.4, -0.2) is 25.5 Å². The van der Waals surface area contributed by atoms with E-state index in [1.807, 2.05) is 0 Å². The van der Waals surface area contributed by atoms with E-state index >= 15 is 0 Å². The van der Waals surface area contributed by atoms with Crippen LogP contribution in [0.15, 0.2) is 0 Å². The van der Waals surface area contributed by atoms with Crippen LogP contribution in [-0.2, 0) is 0 Å². The average molecular weight is 327 g/mol. The van der Waals surface area contributed by atoms with Gasteiger partial charge in [-0.2, -0.15) is 0 Å². The monoisotopic (exact) mass is 327 g/mol. The summed E-state index contributed by atoms with van der Waals surface area (Å²) in [5, 5.41) is 0. The molecule has 0 bridgehead atoms. The summed E-state index contributed by atoms with van der Waals surface area (Å²) in [6.07, 6.45) is 0. The molecule has 3 heteroatoms. The molecule has 0 heterocycles. The maximum Gasteiger partial charge on any atom is 0 e. The fraction of sp³-hybridized carbons (Fsp3) is 1.00. The fourth-order valence-corrected chi connectivity index (χ4v) is 0. The molecule has 0 atom stereocenters. The lowest BCUT2D eigenvalue weighted by Crippen LogP contribution is -2.08. The van der Waals surface area contributed by atoms with Crippen LogP contribution in [0.3, 0.4) is 0 Å². The normalized spacial score (nSPS) is 7.71. The van der Waals surface area contributed by atoms with Crippen LogP contribution in [0.1, 0.15) is 6.92 Å². The van der Waals surface area contributed by atoms with Crippen LogP contribution in [0.5, 0.6) is 0 Å². The second-order valence-corrected chi connectivity index (χ2v) is 1.40. The number of hydrogen-bond donors (Lipinski definition) is 0. The fourth-order valence-electron chi connectivity index (χ4n) is 0. The Morgan fingerprint density at radius 1 is 1.29 bits per heavy atom. The first kappa shape index (κ1) is 11.2. The Labute approximate surface area is 69.2 Å². The van der Waals surface area contributed by atoms with Crippen LogP contribution < -0.4 is 0 Å². The SMILES string of the molecule is CCN(C)C.II. The Morgan fingerprint density at radius 2 is 1.43 bits per heavy atom. The van der Waals surface area contributed by atoms with Gasteiger partial charge in [0.05, 0.1) is 0 Å². The van der Waals surface area contributed by atoms with Crippen LogP contribution in [0, 0.1) is 0 Å². The summed E-state index contributed by atoms with van der Waals surface area (Å²) in [7, 11) is 4.11. The van der Waals surface area contributed by atoms with E-state index in [9.17, 15) is 0 Å². The molecule has 0 aliphatic rings. The molecule has 0 aliphatic carbocycles. The molecule has 0 unspecified atom stereocenters. The van der Waals surface area contributed by atoms with E-state index < -0.39 is 0 Å². The van der Waals surface area contributed by atoms with Gasteiger partial charge in [-0.05, 0) is 20.6 Å². The first-order valence-corrected chi connectivity index (χ1v) is 8.35. The molecule has 7 heavy (non-hydrogen) atoms. The van der Waals surface area contributed by atoms with E-state index in [0.29, 0.717) is 0 Å². The molecule has 0 amide bonds. The number of halogens is 2. The molecule has 0 N–H and O–H groups in total. The maximum absolute atomic E-state index is 2.12. The molecule has 0 fully saturated rings. The first-order valence-electron chi connectivity index (χ1n) is 2.06. The highest BCUT2D eigenvalue weighted by molar-refractivity contribution is 15.0. The van der Waals surface area contributed by atoms with Gasteiger partial charge < -0.3 is 4.90 Å². The van der Waals surface area contributed by atoms with Gasteiger partial charge in [0, 0.05) is 37.2 Å². The van der Waals surface area contributed by atoms with Gasteiger partial charge in [-0.3, -0.25) is 0 Å².